The zero-order valence-corrected chi connectivity index (χ0v) is 13.1. The van der Waals surface area contributed by atoms with Crippen molar-refractivity contribution in [2.24, 2.45) is 0 Å². The van der Waals surface area contributed by atoms with Gasteiger partial charge in [0.25, 0.3) is 5.91 Å². The van der Waals surface area contributed by atoms with Crippen LogP contribution in [-0.2, 0) is 6.54 Å². The third-order valence-electron chi connectivity index (χ3n) is 2.78. The summed E-state index contributed by atoms with van der Waals surface area (Å²) in [5, 5.41) is 0.248. The maximum absolute atomic E-state index is 12.5. The van der Waals surface area contributed by atoms with Crippen LogP contribution in [0.3, 0.4) is 0 Å². The van der Waals surface area contributed by atoms with E-state index in [0.717, 1.165) is 4.88 Å². The van der Waals surface area contributed by atoms with Crippen molar-refractivity contribution >= 4 is 46.1 Å². The Balaban J connectivity index is 2.22. The zero-order chi connectivity index (χ0) is 14.7. The number of halogens is 2. The summed E-state index contributed by atoms with van der Waals surface area (Å²) in [6, 6.07) is 5.21. The fourth-order valence-corrected chi connectivity index (χ4v) is 3.01. The molecule has 0 aliphatic rings. The lowest BCUT2D eigenvalue weighted by Crippen LogP contribution is -2.30. The lowest BCUT2D eigenvalue weighted by molar-refractivity contribution is 0.0755. The van der Waals surface area contributed by atoms with Crippen LogP contribution in [0.25, 0.3) is 0 Å². The summed E-state index contributed by atoms with van der Waals surface area (Å²) in [7, 11) is 0. The second-order valence-corrected chi connectivity index (χ2v) is 6.31. The fourth-order valence-electron chi connectivity index (χ4n) is 1.75. The van der Waals surface area contributed by atoms with E-state index in [2.05, 4.69) is 4.98 Å². The highest BCUT2D eigenvalue weighted by molar-refractivity contribution is 7.16. The van der Waals surface area contributed by atoms with Gasteiger partial charge in [-0.05, 0) is 25.1 Å². The summed E-state index contributed by atoms with van der Waals surface area (Å²) in [5.74, 6) is -0.168. The molecule has 7 heteroatoms. The van der Waals surface area contributed by atoms with Crippen LogP contribution in [0, 0.1) is 0 Å². The first-order valence-electron chi connectivity index (χ1n) is 5.95. The van der Waals surface area contributed by atoms with E-state index in [-0.39, 0.29) is 11.1 Å². The highest BCUT2D eigenvalue weighted by Crippen LogP contribution is 2.24. The van der Waals surface area contributed by atoms with Gasteiger partial charge in [0, 0.05) is 11.4 Å². The lowest BCUT2D eigenvalue weighted by atomic mass is 10.2. The van der Waals surface area contributed by atoms with Crippen molar-refractivity contribution in [1.29, 1.82) is 0 Å². The minimum Gasteiger partial charge on any atom is -0.397 e. The number of pyridine rings is 1. The molecule has 106 valence electrons. The molecule has 2 rings (SSSR count). The quantitative estimate of drug-likeness (QED) is 0.870. The molecule has 0 saturated carbocycles. The molecule has 2 aromatic rings. The highest BCUT2D eigenvalue weighted by atomic mass is 35.5. The van der Waals surface area contributed by atoms with Crippen LogP contribution in [0.15, 0.2) is 24.4 Å². The van der Waals surface area contributed by atoms with Gasteiger partial charge in [-0.3, -0.25) is 4.79 Å². The number of nitrogens with zero attached hydrogens (tertiary/aromatic N) is 2. The average Bonchev–Trinajstić information content (AvgIpc) is 2.83. The van der Waals surface area contributed by atoms with Gasteiger partial charge < -0.3 is 10.6 Å². The molecule has 0 radical (unpaired) electrons. The van der Waals surface area contributed by atoms with Crippen LogP contribution in [0.4, 0.5) is 5.69 Å². The standard InChI is InChI=1S/C13H13Cl2N3OS/c1-2-18(7-8-3-4-12(15)20-8)13(19)9-5-11(14)17-6-10(9)16/h3-6H,2,7,16H2,1H3. The molecule has 0 aliphatic carbocycles. The first-order chi connectivity index (χ1) is 9.51. The van der Waals surface area contributed by atoms with E-state index in [4.69, 9.17) is 28.9 Å². The molecule has 2 heterocycles. The van der Waals surface area contributed by atoms with Crippen molar-refractivity contribution in [2.75, 3.05) is 12.3 Å². The van der Waals surface area contributed by atoms with Gasteiger partial charge in [0.15, 0.2) is 0 Å². The molecular formula is C13H13Cl2N3OS. The third kappa shape index (κ3) is 3.42. The number of nitrogens with two attached hydrogens (primary N) is 1. The number of hydrogen-bond donors (Lipinski definition) is 1. The van der Waals surface area contributed by atoms with Gasteiger partial charge in [-0.15, -0.1) is 11.3 Å². The van der Waals surface area contributed by atoms with E-state index in [9.17, 15) is 4.79 Å². The zero-order valence-electron chi connectivity index (χ0n) is 10.8. The number of carbonyl (C=O) groups excluding carboxylic acids is 1. The third-order valence-corrected chi connectivity index (χ3v) is 4.20. The Morgan fingerprint density at radius 1 is 1.45 bits per heavy atom. The molecule has 0 unspecified atom stereocenters. The summed E-state index contributed by atoms with van der Waals surface area (Å²) in [5.41, 5.74) is 6.48. The van der Waals surface area contributed by atoms with Gasteiger partial charge in [0.2, 0.25) is 0 Å². The van der Waals surface area contributed by atoms with Gasteiger partial charge in [0.1, 0.15) is 5.15 Å². The summed E-state index contributed by atoms with van der Waals surface area (Å²) in [4.78, 5) is 19.0. The first kappa shape index (κ1) is 15.1. The molecule has 2 N–H and O–H groups in total. The molecule has 0 aliphatic heterocycles. The van der Waals surface area contributed by atoms with Crippen molar-refractivity contribution in [3.8, 4) is 0 Å². The van der Waals surface area contributed by atoms with Crippen molar-refractivity contribution in [1.82, 2.24) is 9.88 Å². The van der Waals surface area contributed by atoms with Crippen molar-refractivity contribution < 1.29 is 4.79 Å². The smallest absolute Gasteiger partial charge is 0.256 e. The molecule has 0 bridgehead atoms. The minimum atomic E-state index is -0.168. The molecule has 0 atom stereocenters. The number of aromatic nitrogens is 1. The van der Waals surface area contributed by atoms with Gasteiger partial charge in [0.05, 0.1) is 28.3 Å². The van der Waals surface area contributed by atoms with Crippen molar-refractivity contribution in [3.05, 3.63) is 44.3 Å². The van der Waals surface area contributed by atoms with E-state index in [1.165, 1.54) is 23.6 Å². The summed E-state index contributed by atoms with van der Waals surface area (Å²) in [6.07, 6.45) is 1.39. The number of rotatable bonds is 4. The van der Waals surface area contributed by atoms with Crippen LogP contribution in [0.5, 0.6) is 0 Å². The molecule has 0 fully saturated rings. The van der Waals surface area contributed by atoms with Crippen LogP contribution < -0.4 is 5.73 Å². The van der Waals surface area contributed by atoms with Gasteiger partial charge in [-0.2, -0.15) is 0 Å². The number of hydrogen-bond acceptors (Lipinski definition) is 4. The minimum absolute atomic E-state index is 0.168. The Hall–Kier alpha value is -1.30. The van der Waals surface area contributed by atoms with E-state index >= 15 is 0 Å². The molecule has 0 saturated heterocycles. The van der Waals surface area contributed by atoms with Crippen LogP contribution in [0.2, 0.25) is 9.49 Å². The van der Waals surface area contributed by atoms with Crippen molar-refractivity contribution in [3.63, 3.8) is 0 Å². The monoisotopic (exact) mass is 329 g/mol. The normalized spacial score (nSPS) is 10.6. The molecule has 4 nitrogen and oxygen atoms in total. The predicted molar refractivity (Wildman–Crippen MR) is 83.4 cm³/mol. The molecular weight excluding hydrogens is 317 g/mol. The second-order valence-electron chi connectivity index (χ2n) is 4.12. The van der Waals surface area contributed by atoms with Crippen LogP contribution in [0.1, 0.15) is 22.2 Å². The van der Waals surface area contributed by atoms with E-state index in [1.807, 2.05) is 19.1 Å². The maximum atomic E-state index is 12.5. The van der Waals surface area contributed by atoms with Gasteiger partial charge >= 0.3 is 0 Å². The number of amides is 1. The SMILES string of the molecule is CCN(Cc1ccc(Cl)s1)C(=O)c1cc(Cl)ncc1N. The molecule has 1 amide bonds. The molecule has 20 heavy (non-hydrogen) atoms. The first-order valence-corrected chi connectivity index (χ1v) is 7.53. The maximum Gasteiger partial charge on any atom is 0.256 e. The van der Waals surface area contributed by atoms with Gasteiger partial charge in [-0.25, -0.2) is 4.98 Å². The molecule has 0 aromatic carbocycles. The predicted octanol–water partition coefficient (Wildman–Crippen LogP) is 3.69. The van der Waals surface area contributed by atoms with Crippen molar-refractivity contribution in [2.45, 2.75) is 13.5 Å². The summed E-state index contributed by atoms with van der Waals surface area (Å²) < 4.78 is 0.704. The Labute approximate surface area is 131 Å². The summed E-state index contributed by atoms with van der Waals surface area (Å²) in [6.45, 7) is 2.96. The lowest BCUT2D eigenvalue weighted by Gasteiger charge is -2.21. The van der Waals surface area contributed by atoms with E-state index < -0.39 is 0 Å². The average molecular weight is 330 g/mol. The Kier molecular flexibility index (Phi) is 4.86. The van der Waals surface area contributed by atoms with Crippen LogP contribution in [-0.4, -0.2) is 22.3 Å². The topological polar surface area (TPSA) is 59.2 Å². The number of anilines is 1. The largest absolute Gasteiger partial charge is 0.397 e. The van der Waals surface area contributed by atoms with E-state index in [1.54, 1.807) is 4.90 Å². The Bertz CT molecular complexity index is 630. The van der Waals surface area contributed by atoms with Crippen LogP contribution >= 0.6 is 34.5 Å². The molecule has 0 spiro atoms. The van der Waals surface area contributed by atoms with E-state index in [0.29, 0.717) is 28.7 Å². The highest BCUT2D eigenvalue weighted by Gasteiger charge is 2.18. The Morgan fingerprint density at radius 2 is 2.20 bits per heavy atom. The number of carbonyl (C=O) groups is 1. The number of thiophene rings is 1. The fraction of sp³-hybridized carbons (Fsp3) is 0.231. The molecule has 2 aromatic heterocycles. The summed E-state index contributed by atoms with van der Waals surface area (Å²) >= 11 is 13.2. The second kappa shape index (κ2) is 6.43. The Morgan fingerprint density at radius 3 is 2.80 bits per heavy atom. The number of nitrogen functional groups attached to an aromatic ring is 1. The van der Waals surface area contributed by atoms with Gasteiger partial charge in [-0.1, -0.05) is 23.2 Å².